The number of H-pyrrole nitrogens is 1. The van der Waals surface area contributed by atoms with Crippen LogP contribution in [0, 0.1) is 0 Å². The summed E-state index contributed by atoms with van der Waals surface area (Å²) in [6.07, 6.45) is 4.27. The lowest BCUT2D eigenvalue weighted by Crippen LogP contribution is -2.58. The summed E-state index contributed by atoms with van der Waals surface area (Å²) in [5.74, 6) is -0.435. The van der Waals surface area contributed by atoms with Crippen LogP contribution in [0.15, 0.2) is 41.5 Å². The average molecular weight is 407 g/mol. The summed E-state index contributed by atoms with van der Waals surface area (Å²) in [7, 11) is 3.38. The van der Waals surface area contributed by atoms with Crippen molar-refractivity contribution >= 4 is 22.7 Å². The number of likely N-dealkylation sites (N-methyl/N-ethyl adjacent to an activating group) is 1. The Bertz CT molecular complexity index is 1120. The zero-order valence-corrected chi connectivity index (χ0v) is 17.4. The predicted octanol–water partition coefficient (Wildman–Crippen LogP) is 1.99. The van der Waals surface area contributed by atoms with E-state index >= 15 is 0 Å². The molecule has 1 aliphatic rings. The fourth-order valence-electron chi connectivity index (χ4n) is 3.72. The number of nitrogens with zero attached hydrogens (tertiary/aromatic N) is 4. The Labute approximate surface area is 174 Å². The lowest BCUT2D eigenvalue weighted by molar-refractivity contribution is 0.0594. The van der Waals surface area contributed by atoms with Crippen LogP contribution in [0.5, 0.6) is 0 Å². The standard InChI is InChI=1S/C22H25N5O3/c1-4-15-8-19-20(25-21(15)28)7-14(9-23-19)11-27-12-17(13-27)26(2)16-5-6-18(24-10-16)22(29)30-3/h5-10,17H,4,11-13H2,1-3H3,(H,25,28). The Morgan fingerprint density at radius 2 is 2.07 bits per heavy atom. The minimum absolute atomic E-state index is 0.0404. The monoisotopic (exact) mass is 407 g/mol. The number of aryl methyl sites for hydroxylation is 1. The molecule has 30 heavy (non-hydrogen) atoms. The smallest absolute Gasteiger partial charge is 0.356 e. The molecule has 4 heterocycles. The number of ether oxygens (including phenoxy) is 1. The molecule has 0 atom stereocenters. The van der Waals surface area contributed by atoms with Crippen molar-refractivity contribution in [3.05, 3.63) is 63.8 Å². The zero-order chi connectivity index (χ0) is 21.3. The fourth-order valence-corrected chi connectivity index (χ4v) is 3.72. The molecule has 4 rings (SSSR count). The van der Waals surface area contributed by atoms with Crippen LogP contribution in [0.3, 0.4) is 0 Å². The van der Waals surface area contributed by atoms with Gasteiger partial charge in [0.05, 0.1) is 36.1 Å². The third kappa shape index (κ3) is 3.91. The molecule has 1 N–H and O–H groups in total. The first kappa shape index (κ1) is 20.0. The summed E-state index contributed by atoms with van der Waals surface area (Å²) in [4.78, 5) is 39.7. The van der Waals surface area contributed by atoms with E-state index in [1.54, 1.807) is 12.3 Å². The number of aromatic nitrogens is 3. The van der Waals surface area contributed by atoms with Crippen LogP contribution in [-0.2, 0) is 17.7 Å². The van der Waals surface area contributed by atoms with Crippen LogP contribution in [0.1, 0.15) is 28.5 Å². The highest BCUT2D eigenvalue weighted by Gasteiger charge is 2.30. The van der Waals surface area contributed by atoms with Crippen LogP contribution in [0.2, 0.25) is 0 Å². The Kier molecular flexibility index (Phi) is 5.50. The highest BCUT2D eigenvalue weighted by atomic mass is 16.5. The first-order valence-electron chi connectivity index (χ1n) is 9.99. The molecule has 0 spiro atoms. The van der Waals surface area contributed by atoms with E-state index in [-0.39, 0.29) is 5.56 Å². The molecule has 0 amide bonds. The second-order valence-electron chi connectivity index (χ2n) is 7.61. The van der Waals surface area contributed by atoms with Crippen molar-refractivity contribution in [3.8, 4) is 0 Å². The van der Waals surface area contributed by atoms with E-state index < -0.39 is 5.97 Å². The Hall–Kier alpha value is -3.26. The number of anilines is 1. The second kappa shape index (κ2) is 8.23. The van der Waals surface area contributed by atoms with Crippen molar-refractivity contribution in [2.75, 3.05) is 32.1 Å². The van der Waals surface area contributed by atoms with Crippen LogP contribution in [-0.4, -0.2) is 59.1 Å². The number of likely N-dealkylation sites (tertiary alicyclic amines) is 1. The topological polar surface area (TPSA) is 91.4 Å². The molecule has 1 aliphatic heterocycles. The van der Waals surface area contributed by atoms with Gasteiger partial charge in [0.15, 0.2) is 0 Å². The van der Waals surface area contributed by atoms with E-state index in [1.807, 2.05) is 38.4 Å². The van der Waals surface area contributed by atoms with E-state index in [2.05, 4.69) is 29.5 Å². The van der Waals surface area contributed by atoms with Gasteiger partial charge in [-0.1, -0.05) is 6.92 Å². The summed E-state index contributed by atoms with van der Waals surface area (Å²) in [5.41, 5.74) is 4.65. The van der Waals surface area contributed by atoms with Gasteiger partial charge in [-0.3, -0.25) is 14.7 Å². The fraction of sp³-hybridized carbons (Fsp3) is 0.364. The number of rotatable bonds is 6. The van der Waals surface area contributed by atoms with Crippen molar-refractivity contribution in [2.24, 2.45) is 0 Å². The molecule has 1 saturated heterocycles. The molecular formula is C22H25N5O3. The third-order valence-electron chi connectivity index (χ3n) is 5.65. The summed E-state index contributed by atoms with van der Waals surface area (Å²) in [6.45, 7) is 4.58. The largest absolute Gasteiger partial charge is 0.464 e. The number of hydrogen-bond donors (Lipinski definition) is 1. The number of aromatic amines is 1. The normalized spacial score (nSPS) is 14.5. The molecule has 0 unspecified atom stereocenters. The predicted molar refractivity (Wildman–Crippen MR) is 115 cm³/mol. The number of carbonyl (C=O) groups excluding carboxylic acids is 1. The van der Waals surface area contributed by atoms with Crippen molar-refractivity contribution in [1.82, 2.24) is 19.9 Å². The van der Waals surface area contributed by atoms with Gasteiger partial charge in [-0.05, 0) is 36.2 Å². The first-order valence-corrected chi connectivity index (χ1v) is 9.99. The summed E-state index contributed by atoms with van der Waals surface area (Å²) in [5, 5.41) is 0. The highest BCUT2D eigenvalue weighted by molar-refractivity contribution is 5.87. The lowest BCUT2D eigenvalue weighted by atomic mass is 10.1. The summed E-state index contributed by atoms with van der Waals surface area (Å²) in [6, 6.07) is 7.81. The molecule has 3 aromatic rings. The minimum Gasteiger partial charge on any atom is -0.464 e. The van der Waals surface area contributed by atoms with Gasteiger partial charge in [0.25, 0.3) is 5.56 Å². The Balaban J connectivity index is 1.37. The molecule has 0 radical (unpaired) electrons. The minimum atomic E-state index is -0.435. The number of esters is 1. The van der Waals surface area contributed by atoms with Crippen molar-refractivity contribution < 1.29 is 9.53 Å². The van der Waals surface area contributed by atoms with Gasteiger partial charge < -0.3 is 14.6 Å². The van der Waals surface area contributed by atoms with Crippen LogP contribution >= 0.6 is 0 Å². The summed E-state index contributed by atoms with van der Waals surface area (Å²) >= 11 is 0. The number of pyridine rings is 3. The van der Waals surface area contributed by atoms with Gasteiger partial charge in [0, 0.05) is 38.4 Å². The number of carbonyl (C=O) groups is 1. The average Bonchev–Trinajstić information content (AvgIpc) is 2.74. The SMILES string of the molecule is CCc1cc2ncc(CN3CC(N(C)c4ccc(C(=O)OC)nc4)C3)cc2[nH]c1=O. The van der Waals surface area contributed by atoms with Crippen LogP contribution < -0.4 is 10.5 Å². The van der Waals surface area contributed by atoms with Crippen molar-refractivity contribution in [1.29, 1.82) is 0 Å². The lowest BCUT2D eigenvalue weighted by Gasteiger charge is -2.44. The molecule has 8 heteroatoms. The Morgan fingerprint density at radius 1 is 1.27 bits per heavy atom. The molecular weight excluding hydrogens is 382 g/mol. The van der Waals surface area contributed by atoms with E-state index in [9.17, 15) is 9.59 Å². The van der Waals surface area contributed by atoms with Crippen LogP contribution in [0.25, 0.3) is 11.0 Å². The van der Waals surface area contributed by atoms with Gasteiger partial charge >= 0.3 is 5.97 Å². The molecule has 0 bridgehead atoms. The maximum atomic E-state index is 12.1. The maximum Gasteiger partial charge on any atom is 0.356 e. The van der Waals surface area contributed by atoms with E-state index in [4.69, 9.17) is 0 Å². The quantitative estimate of drug-likeness (QED) is 0.625. The molecule has 0 aliphatic carbocycles. The highest BCUT2D eigenvalue weighted by Crippen LogP contribution is 2.23. The van der Waals surface area contributed by atoms with Gasteiger partial charge in [-0.15, -0.1) is 0 Å². The maximum absolute atomic E-state index is 12.1. The third-order valence-corrected chi connectivity index (χ3v) is 5.65. The van der Waals surface area contributed by atoms with Gasteiger partial charge in [-0.2, -0.15) is 0 Å². The Morgan fingerprint density at radius 3 is 2.73 bits per heavy atom. The number of methoxy groups -OCH3 is 1. The molecule has 0 saturated carbocycles. The molecule has 1 fully saturated rings. The summed E-state index contributed by atoms with van der Waals surface area (Å²) < 4.78 is 4.69. The number of fused-ring (bicyclic) bond motifs is 1. The second-order valence-corrected chi connectivity index (χ2v) is 7.61. The first-order chi connectivity index (χ1) is 14.5. The number of hydrogen-bond acceptors (Lipinski definition) is 7. The molecule has 0 aromatic carbocycles. The zero-order valence-electron chi connectivity index (χ0n) is 17.4. The van der Waals surface area contributed by atoms with Gasteiger partial charge in [0.1, 0.15) is 5.69 Å². The number of nitrogens with one attached hydrogen (secondary N) is 1. The van der Waals surface area contributed by atoms with E-state index in [0.29, 0.717) is 18.2 Å². The van der Waals surface area contributed by atoms with Crippen molar-refractivity contribution in [3.63, 3.8) is 0 Å². The molecule has 156 valence electrons. The molecule has 8 nitrogen and oxygen atoms in total. The van der Waals surface area contributed by atoms with Crippen LogP contribution in [0.4, 0.5) is 5.69 Å². The van der Waals surface area contributed by atoms with Crippen molar-refractivity contribution in [2.45, 2.75) is 25.9 Å². The van der Waals surface area contributed by atoms with E-state index in [0.717, 1.165) is 47.5 Å². The van der Waals surface area contributed by atoms with E-state index in [1.165, 1.54) is 7.11 Å². The van der Waals surface area contributed by atoms with Gasteiger partial charge in [-0.25, -0.2) is 9.78 Å². The van der Waals surface area contributed by atoms with Gasteiger partial charge in [0.2, 0.25) is 0 Å². The molecule has 3 aromatic heterocycles.